The molecular formula is C31H47NO3S. The van der Waals surface area contributed by atoms with Gasteiger partial charge in [0.25, 0.3) is 0 Å². The average molecular weight is 514 g/mol. The Morgan fingerprint density at radius 1 is 1.11 bits per heavy atom. The van der Waals surface area contributed by atoms with E-state index >= 15 is 0 Å². The Morgan fingerprint density at radius 3 is 2.78 bits per heavy atom. The third kappa shape index (κ3) is 4.54. The molecule has 5 heteroatoms. The molecule has 8 atom stereocenters. The third-order valence-electron chi connectivity index (χ3n) is 11.3. The van der Waals surface area contributed by atoms with Crippen molar-refractivity contribution < 1.29 is 14.3 Å². The van der Waals surface area contributed by atoms with Gasteiger partial charge in [0.1, 0.15) is 0 Å². The van der Waals surface area contributed by atoms with Gasteiger partial charge in [0.05, 0.1) is 31.8 Å². The summed E-state index contributed by atoms with van der Waals surface area (Å²) in [6.45, 7) is 10.3. The molecule has 1 N–H and O–H groups in total. The molecule has 1 saturated heterocycles. The van der Waals surface area contributed by atoms with E-state index in [1.165, 1.54) is 70.0 Å². The van der Waals surface area contributed by atoms with Gasteiger partial charge in [-0.15, -0.1) is 11.8 Å². The number of allylic oxidation sites excluding steroid dienone is 1. The lowest BCUT2D eigenvalue weighted by atomic mass is 9.46. The molecule has 3 saturated carbocycles. The zero-order chi connectivity index (χ0) is 24.8. The number of hydrogen-bond donors (Lipinski definition) is 1. The molecule has 0 bridgehead atoms. The van der Waals surface area contributed by atoms with Crippen LogP contribution in [0.1, 0.15) is 83.1 Å². The molecule has 4 fully saturated rings. The Kier molecular flexibility index (Phi) is 7.40. The highest BCUT2D eigenvalue weighted by atomic mass is 32.2. The maximum atomic E-state index is 11.3. The minimum absolute atomic E-state index is 0.181. The van der Waals surface area contributed by atoms with Crippen molar-refractivity contribution in [3.05, 3.63) is 35.8 Å². The zero-order valence-corrected chi connectivity index (χ0v) is 23.3. The van der Waals surface area contributed by atoms with E-state index in [1.54, 1.807) is 5.57 Å². The van der Waals surface area contributed by atoms with Gasteiger partial charge in [-0.3, -0.25) is 0 Å². The molecule has 3 unspecified atom stereocenters. The predicted octanol–water partition coefficient (Wildman–Crippen LogP) is 6.51. The largest absolute Gasteiger partial charge is 0.472 e. The molecule has 6 rings (SSSR count). The second kappa shape index (κ2) is 10.4. The minimum Gasteiger partial charge on any atom is -0.472 e. The molecule has 1 aliphatic heterocycles. The average Bonchev–Trinajstić information content (AvgIpc) is 3.62. The third-order valence-corrected chi connectivity index (χ3v) is 12.6. The molecule has 0 aromatic carbocycles. The van der Waals surface area contributed by atoms with Crippen LogP contribution in [0.3, 0.4) is 0 Å². The van der Waals surface area contributed by atoms with E-state index in [1.807, 2.05) is 24.3 Å². The van der Waals surface area contributed by atoms with Crippen molar-refractivity contribution >= 4 is 11.8 Å². The molecule has 5 aliphatic rings. The molecule has 1 aromatic rings. The molecule has 2 heterocycles. The normalized spacial score (nSPS) is 42.6. The summed E-state index contributed by atoms with van der Waals surface area (Å²) in [5.41, 5.74) is 3.67. The first-order chi connectivity index (χ1) is 17.5. The number of rotatable bonds is 8. The first-order valence-electron chi connectivity index (χ1n) is 14.8. The van der Waals surface area contributed by atoms with Gasteiger partial charge in [0.15, 0.2) is 0 Å². The lowest BCUT2D eigenvalue weighted by molar-refractivity contribution is -0.0549. The van der Waals surface area contributed by atoms with E-state index in [-0.39, 0.29) is 16.8 Å². The lowest BCUT2D eigenvalue weighted by Crippen LogP contribution is -2.52. The van der Waals surface area contributed by atoms with Gasteiger partial charge in [-0.05, 0) is 117 Å². The highest BCUT2D eigenvalue weighted by Gasteiger charge is 2.59. The number of nitrogens with zero attached hydrogens (tertiary/aromatic N) is 1. The van der Waals surface area contributed by atoms with Crippen LogP contribution >= 0.6 is 11.8 Å². The predicted molar refractivity (Wildman–Crippen MR) is 147 cm³/mol. The minimum atomic E-state index is -0.234. The number of aliphatic hydroxyl groups is 1. The first-order valence-corrected chi connectivity index (χ1v) is 15.9. The van der Waals surface area contributed by atoms with Gasteiger partial charge < -0.3 is 19.2 Å². The second-order valence-electron chi connectivity index (χ2n) is 13.0. The monoisotopic (exact) mass is 513 g/mol. The van der Waals surface area contributed by atoms with Crippen molar-refractivity contribution in [2.45, 2.75) is 88.9 Å². The van der Waals surface area contributed by atoms with E-state index < -0.39 is 0 Å². The molecule has 0 radical (unpaired) electrons. The molecular weight excluding hydrogens is 466 g/mol. The Morgan fingerprint density at radius 2 is 1.97 bits per heavy atom. The number of ether oxygens (including phenoxy) is 1. The zero-order valence-electron chi connectivity index (χ0n) is 22.5. The number of fused-ring (bicyclic) bond motifs is 5. The van der Waals surface area contributed by atoms with E-state index in [9.17, 15) is 5.11 Å². The van der Waals surface area contributed by atoms with Crippen LogP contribution in [0.25, 0.3) is 0 Å². The summed E-state index contributed by atoms with van der Waals surface area (Å²) in [5, 5.41) is 11.5. The lowest BCUT2D eigenvalue weighted by Gasteiger charge is -2.59. The maximum Gasteiger partial charge on any atom is 0.0937 e. The maximum absolute atomic E-state index is 11.3. The van der Waals surface area contributed by atoms with Gasteiger partial charge in [-0.2, -0.15) is 0 Å². The molecule has 0 amide bonds. The number of likely N-dealkylation sites (tertiary alicyclic amines) is 1. The van der Waals surface area contributed by atoms with Crippen LogP contribution in [0, 0.1) is 28.6 Å². The van der Waals surface area contributed by atoms with Gasteiger partial charge >= 0.3 is 0 Å². The van der Waals surface area contributed by atoms with E-state index in [2.05, 4.69) is 30.9 Å². The highest BCUT2D eigenvalue weighted by Crippen LogP contribution is 2.68. The number of furan rings is 1. The topological polar surface area (TPSA) is 45.8 Å². The van der Waals surface area contributed by atoms with Crippen LogP contribution in [0.15, 0.2) is 34.7 Å². The number of hydrogen-bond acceptors (Lipinski definition) is 5. The Hall–Kier alpha value is -0.750. The van der Waals surface area contributed by atoms with Crippen molar-refractivity contribution in [2.75, 3.05) is 38.6 Å². The van der Waals surface area contributed by atoms with Crippen LogP contribution in [-0.2, 0) is 4.74 Å². The fourth-order valence-corrected chi connectivity index (χ4v) is 10.5. The molecule has 4 nitrogen and oxygen atoms in total. The summed E-state index contributed by atoms with van der Waals surface area (Å²) in [4.78, 5) is 2.51. The van der Waals surface area contributed by atoms with E-state index in [0.717, 1.165) is 49.7 Å². The summed E-state index contributed by atoms with van der Waals surface area (Å²) >= 11 is 1.91. The smallest absolute Gasteiger partial charge is 0.0937 e. The van der Waals surface area contributed by atoms with Crippen LogP contribution in [-0.4, -0.2) is 60.0 Å². The van der Waals surface area contributed by atoms with Crippen molar-refractivity contribution in [3.8, 4) is 0 Å². The second-order valence-corrected chi connectivity index (χ2v) is 14.3. The molecule has 0 spiro atoms. The van der Waals surface area contributed by atoms with Crippen LogP contribution in [0.4, 0.5) is 0 Å². The Labute approximate surface area is 222 Å². The van der Waals surface area contributed by atoms with E-state index in [0.29, 0.717) is 11.3 Å². The van der Waals surface area contributed by atoms with Crippen LogP contribution < -0.4 is 0 Å². The summed E-state index contributed by atoms with van der Waals surface area (Å²) in [7, 11) is 0. The fourth-order valence-electron chi connectivity index (χ4n) is 9.47. The molecule has 200 valence electrons. The van der Waals surface area contributed by atoms with Gasteiger partial charge in [-0.1, -0.05) is 25.5 Å². The quantitative estimate of drug-likeness (QED) is 0.317. The Bertz CT molecular complexity index is 911. The summed E-state index contributed by atoms with van der Waals surface area (Å²) in [6.07, 6.45) is 17.6. The van der Waals surface area contributed by atoms with Gasteiger partial charge in [0, 0.05) is 17.5 Å². The molecule has 4 aliphatic carbocycles. The molecule has 36 heavy (non-hydrogen) atoms. The van der Waals surface area contributed by atoms with E-state index in [4.69, 9.17) is 9.15 Å². The summed E-state index contributed by atoms with van der Waals surface area (Å²) < 4.78 is 11.4. The van der Waals surface area contributed by atoms with Crippen LogP contribution in [0.2, 0.25) is 0 Å². The first kappa shape index (κ1) is 25.5. The molecule has 1 aromatic heterocycles. The fraction of sp³-hybridized carbons (Fsp3) is 0.806. The number of aliphatic hydroxyl groups excluding tert-OH is 1. The van der Waals surface area contributed by atoms with Gasteiger partial charge in [0.2, 0.25) is 0 Å². The summed E-state index contributed by atoms with van der Waals surface area (Å²) in [5.74, 6) is 3.99. The number of thioether (sulfide) groups is 1. The van der Waals surface area contributed by atoms with Crippen molar-refractivity contribution in [1.29, 1.82) is 0 Å². The SMILES string of the molecule is C[C@]12CC(O)C(SCCOCCN3CCCC3)C=C1CC[C@@H]1[C@H]2CC[C@]2(C)C(c3ccoc3)CC[C@@H]12. The van der Waals surface area contributed by atoms with Crippen molar-refractivity contribution in [3.63, 3.8) is 0 Å². The highest BCUT2D eigenvalue weighted by molar-refractivity contribution is 8.00. The van der Waals surface area contributed by atoms with Crippen molar-refractivity contribution in [1.82, 2.24) is 4.90 Å². The standard InChI is InChI=1S/C31H47NO3S/c1-30-11-9-27-24(26(30)8-7-25(30)22-10-15-35-21-22)6-5-23-19-29(28(33)20-31(23,27)2)36-18-17-34-16-14-32-12-3-4-13-32/h10,15,19,21,24-29,33H,3-9,11-14,16-18,20H2,1-2H3/t24-,25?,26-,27+,28?,29?,30+,31-/m0/s1. The Balaban J connectivity index is 1.06. The van der Waals surface area contributed by atoms with Crippen LogP contribution in [0.5, 0.6) is 0 Å². The van der Waals surface area contributed by atoms with Crippen molar-refractivity contribution in [2.24, 2.45) is 28.6 Å². The summed E-state index contributed by atoms with van der Waals surface area (Å²) in [6, 6.07) is 2.21. The van der Waals surface area contributed by atoms with Gasteiger partial charge in [-0.25, -0.2) is 0 Å².